The molecule has 1 aliphatic carbocycles. The minimum Gasteiger partial charge on any atom is -0.305 e. The highest BCUT2D eigenvalue weighted by atomic mass is 16.1. The van der Waals surface area contributed by atoms with Gasteiger partial charge in [-0.25, -0.2) is 0 Å². The van der Waals surface area contributed by atoms with Gasteiger partial charge in [0.05, 0.1) is 5.41 Å². The summed E-state index contributed by atoms with van der Waals surface area (Å²) < 4.78 is 0. The maximum absolute atomic E-state index is 12.3. The SMILES string of the molecule is CN1CCCC2(C1)C(=O)Cc1ccccc12. The maximum Gasteiger partial charge on any atom is 0.149 e. The van der Waals surface area contributed by atoms with Crippen molar-refractivity contribution in [2.75, 3.05) is 20.1 Å². The van der Waals surface area contributed by atoms with Crippen LogP contribution in [0.15, 0.2) is 24.3 Å². The summed E-state index contributed by atoms with van der Waals surface area (Å²) in [5.74, 6) is 0.431. The summed E-state index contributed by atoms with van der Waals surface area (Å²) in [6, 6.07) is 8.36. The molecule has 1 heterocycles. The fourth-order valence-corrected chi connectivity index (χ4v) is 3.35. The molecule has 1 aromatic rings. The lowest BCUT2D eigenvalue weighted by atomic mass is 9.74. The minimum atomic E-state index is -0.177. The van der Waals surface area contributed by atoms with Crippen LogP contribution in [0.25, 0.3) is 0 Å². The molecule has 1 spiro atoms. The molecule has 3 rings (SSSR count). The first-order valence-electron chi connectivity index (χ1n) is 6.03. The number of ketones is 1. The number of fused-ring (bicyclic) bond motifs is 2. The van der Waals surface area contributed by atoms with Gasteiger partial charge in [0, 0.05) is 13.0 Å². The van der Waals surface area contributed by atoms with Gasteiger partial charge in [-0.15, -0.1) is 0 Å². The molecule has 84 valence electrons. The zero-order chi connectivity index (χ0) is 11.2. The number of Topliss-reactive ketones (excluding diaryl/α,β-unsaturated/α-hetero) is 1. The Bertz CT molecular complexity index is 440. The fourth-order valence-electron chi connectivity index (χ4n) is 3.35. The van der Waals surface area contributed by atoms with Crippen LogP contribution in [0.4, 0.5) is 0 Å². The molecule has 1 saturated heterocycles. The van der Waals surface area contributed by atoms with Gasteiger partial charge in [0.2, 0.25) is 0 Å². The monoisotopic (exact) mass is 215 g/mol. The topological polar surface area (TPSA) is 20.3 Å². The van der Waals surface area contributed by atoms with Crippen molar-refractivity contribution in [2.24, 2.45) is 0 Å². The molecule has 16 heavy (non-hydrogen) atoms. The minimum absolute atomic E-state index is 0.177. The highest BCUT2D eigenvalue weighted by molar-refractivity contribution is 5.97. The van der Waals surface area contributed by atoms with Gasteiger partial charge >= 0.3 is 0 Å². The first-order chi connectivity index (χ1) is 7.72. The van der Waals surface area contributed by atoms with Gasteiger partial charge < -0.3 is 4.90 Å². The molecular formula is C14H17NO. The van der Waals surface area contributed by atoms with Gasteiger partial charge in [0.25, 0.3) is 0 Å². The van der Waals surface area contributed by atoms with Crippen LogP contribution in [0.5, 0.6) is 0 Å². The Hall–Kier alpha value is -1.15. The van der Waals surface area contributed by atoms with Crippen molar-refractivity contribution < 1.29 is 4.79 Å². The van der Waals surface area contributed by atoms with Crippen molar-refractivity contribution in [2.45, 2.75) is 24.7 Å². The van der Waals surface area contributed by atoms with Crippen LogP contribution in [0.2, 0.25) is 0 Å². The summed E-state index contributed by atoms with van der Waals surface area (Å²) in [6.45, 7) is 2.03. The van der Waals surface area contributed by atoms with E-state index in [1.807, 2.05) is 6.07 Å². The Labute approximate surface area is 96.3 Å². The second-order valence-corrected chi connectivity index (χ2v) is 5.18. The zero-order valence-electron chi connectivity index (χ0n) is 9.70. The molecule has 2 heteroatoms. The van der Waals surface area contributed by atoms with Gasteiger partial charge in [-0.1, -0.05) is 24.3 Å². The molecule has 0 N–H and O–H groups in total. The number of rotatable bonds is 0. The van der Waals surface area contributed by atoms with E-state index in [9.17, 15) is 4.79 Å². The fraction of sp³-hybridized carbons (Fsp3) is 0.500. The molecular weight excluding hydrogens is 198 g/mol. The average molecular weight is 215 g/mol. The summed E-state index contributed by atoms with van der Waals surface area (Å²) in [6.07, 6.45) is 2.81. The van der Waals surface area contributed by atoms with Crippen LogP contribution in [-0.2, 0) is 16.6 Å². The van der Waals surface area contributed by atoms with Crippen LogP contribution in [0, 0.1) is 0 Å². The summed E-state index contributed by atoms with van der Waals surface area (Å²) in [7, 11) is 2.12. The van der Waals surface area contributed by atoms with E-state index in [2.05, 4.69) is 30.1 Å². The lowest BCUT2D eigenvalue weighted by Crippen LogP contribution is -2.47. The molecule has 2 nitrogen and oxygen atoms in total. The zero-order valence-corrected chi connectivity index (χ0v) is 9.70. The molecule has 1 aromatic carbocycles. The lowest BCUT2D eigenvalue weighted by Gasteiger charge is -2.38. The van der Waals surface area contributed by atoms with E-state index < -0.39 is 0 Å². The summed E-state index contributed by atoms with van der Waals surface area (Å²) in [5.41, 5.74) is 2.37. The van der Waals surface area contributed by atoms with Gasteiger partial charge in [-0.3, -0.25) is 4.79 Å². The molecule has 0 saturated carbocycles. The van der Waals surface area contributed by atoms with Crippen molar-refractivity contribution in [3.05, 3.63) is 35.4 Å². The summed E-state index contributed by atoms with van der Waals surface area (Å²) in [4.78, 5) is 14.6. The standard InChI is InChI=1S/C14H17NO/c1-15-8-4-7-14(10-15)12-6-3-2-5-11(12)9-13(14)16/h2-3,5-6H,4,7-10H2,1H3. The lowest BCUT2D eigenvalue weighted by molar-refractivity contribution is -0.124. The van der Waals surface area contributed by atoms with Gasteiger partial charge in [0.1, 0.15) is 5.78 Å². The predicted octanol–water partition coefficient (Wildman–Crippen LogP) is 1.78. The van der Waals surface area contributed by atoms with E-state index in [0.717, 1.165) is 25.9 Å². The Balaban J connectivity index is 2.09. The summed E-state index contributed by atoms with van der Waals surface area (Å²) >= 11 is 0. The third kappa shape index (κ3) is 1.26. The molecule has 1 unspecified atom stereocenters. The maximum atomic E-state index is 12.3. The van der Waals surface area contributed by atoms with Crippen molar-refractivity contribution in [3.8, 4) is 0 Å². The third-order valence-electron chi connectivity index (χ3n) is 4.10. The normalized spacial score (nSPS) is 29.7. The van der Waals surface area contributed by atoms with E-state index in [1.54, 1.807) is 0 Å². The number of hydrogen-bond donors (Lipinski definition) is 0. The second-order valence-electron chi connectivity index (χ2n) is 5.18. The average Bonchev–Trinajstić information content (AvgIpc) is 2.53. The van der Waals surface area contributed by atoms with Gasteiger partial charge in [-0.2, -0.15) is 0 Å². The molecule has 0 aromatic heterocycles. The van der Waals surface area contributed by atoms with E-state index >= 15 is 0 Å². The smallest absolute Gasteiger partial charge is 0.149 e. The van der Waals surface area contributed by atoms with Crippen LogP contribution in [0.1, 0.15) is 24.0 Å². The molecule has 0 amide bonds. The van der Waals surface area contributed by atoms with Crippen molar-refractivity contribution in [1.29, 1.82) is 0 Å². The number of likely N-dealkylation sites (N-methyl/N-ethyl adjacent to an activating group) is 1. The molecule has 2 aliphatic rings. The van der Waals surface area contributed by atoms with E-state index in [-0.39, 0.29) is 5.41 Å². The highest BCUT2D eigenvalue weighted by Crippen LogP contribution is 2.42. The molecule has 0 bridgehead atoms. The Morgan fingerprint density at radius 2 is 2.12 bits per heavy atom. The first-order valence-corrected chi connectivity index (χ1v) is 6.03. The molecule has 0 radical (unpaired) electrons. The second kappa shape index (κ2) is 3.42. The van der Waals surface area contributed by atoms with E-state index in [4.69, 9.17) is 0 Å². The van der Waals surface area contributed by atoms with Crippen LogP contribution >= 0.6 is 0 Å². The Morgan fingerprint density at radius 1 is 1.31 bits per heavy atom. The van der Waals surface area contributed by atoms with Crippen molar-refractivity contribution >= 4 is 5.78 Å². The van der Waals surface area contributed by atoms with Crippen molar-refractivity contribution in [1.82, 2.24) is 4.90 Å². The Morgan fingerprint density at radius 3 is 2.94 bits per heavy atom. The van der Waals surface area contributed by atoms with Crippen LogP contribution in [0.3, 0.4) is 0 Å². The van der Waals surface area contributed by atoms with E-state index in [0.29, 0.717) is 12.2 Å². The molecule has 1 aliphatic heterocycles. The van der Waals surface area contributed by atoms with Crippen LogP contribution < -0.4 is 0 Å². The van der Waals surface area contributed by atoms with Gasteiger partial charge in [-0.05, 0) is 37.6 Å². The molecule has 1 fully saturated rings. The third-order valence-corrected chi connectivity index (χ3v) is 4.10. The number of carbonyl (C=O) groups is 1. The van der Waals surface area contributed by atoms with Crippen LogP contribution in [-0.4, -0.2) is 30.8 Å². The number of benzene rings is 1. The largest absolute Gasteiger partial charge is 0.305 e. The number of hydrogen-bond acceptors (Lipinski definition) is 2. The number of piperidine rings is 1. The number of likely N-dealkylation sites (tertiary alicyclic amines) is 1. The van der Waals surface area contributed by atoms with Crippen molar-refractivity contribution in [3.63, 3.8) is 0 Å². The number of carbonyl (C=O) groups excluding carboxylic acids is 1. The van der Waals surface area contributed by atoms with Gasteiger partial charge in [0.15, 0.2) is 0 Å². The highest BCUT2D eigenvalue weighted by Gasteiger charge is 2.47. The predicted molar refractivity (Wildman–Crippen MR) is 63.6 cm³/mol. The van der Waals surface area contributed by atoms with E-state index in [1.165, 1.54) is 11.1 Å². The molecule has 1 atom stereocenters. The Kier molecular flexibility index (Phi) is 2.15. The quantitative estimate of drug-likeness (QED) is 0.657. The summed E-state index contributed by atoms with van der Waals surface area (Å²) in [5, 5.41) is 0. The number of nitrogens with zero attached hydrogens (tertiary/aromatic N) is 1. The first kappa shape index (κ1) is 10.0.